The first-order valence-corrected chi connectivity index (χ1v) is 9.90. The summed E-state index contributed by atoms with van der Waals surface area (Å²) in [5.74, 6) is 0.194. The molecule has 0 aliphatic heterocycles. The molecule has 0 bridgehead atoms. The fraction of sp³-hybridized carbons (Fsp3) is 0.857. The molecule has 0 radical (unpaired) electrons. The summed E-state index contributed by atoms with van der Waals surface area (Å²) in [6, 6.07) is 0. The van der Waals surface area contributed by atoms with Crippen LogP contribution in [0.4, 0.5) is 0 Å². The Balaban J connectivity index is 3.24. The highest BCUT2D eigenvalue weighted by atomic mass is 16.5. The second-order valence-electron chi connectivity index (χ2n) is 7.61. The minimum atomic E-state index is -0.261. The molecule has 3 nitrogen and oxygen atoms in total. The molecule has 0 aliphatic carbocycles. The summed E-state index contributed by atoms with van der Waals surface area (Å²) in [4.78, 5) is 13.6. The van der Waals surface area contributed by atoms with E-state index in [0.717, 1.165) is 6.42 Å². The molecule has 24 heavy (non-hydrogen) atoms. The summed E-state index contributed by atoms with van der Waals surface area (Å²) in [6.45, 7) is 9.20. The highest BCUT2D eigenvalue weighted by molar-refractivity contribution is 5.86. The smallest absolute Gasteiger partial charge is 0.333 e. The zero-order valence-corrected chi connectivity index (χ0v) is 16.7. The van der Waals surface area contributed by atoms with Crippen LogP contribution in [-0.4, -0.2) is 38.1 Å². The van der Waals surface area contributed by atoms with Gasteiger partial charge in [-0.05, 0) is 46.3 Å². The standard InChI is InChI=1S/C21H41NO2/c1-19(2)21(23)24-18-20(3)16-14-12-10-8-6-7-9-11-13-15-17-22(4)5/h20H,1,6-18H2,2-5H3. The number of carbonyl (C=O) groups excluding carboxylic acids is 1. The summed E-state index contributed by atoms with van der Waals surface area (Å²) in [6.07, 6.45) is 14.7. The zero-order valence-electron chi connectivity index (χ0n) is 16.7. The third-order valence-electron chi connectivity index (χ3n) is 4.40. The number of ether oxygens (including phenoxy) is 1. The van der Waals surface area contributed by atoms with Gasteiger partial charge in [-0.1, -0.05) is 71.3 Å². The average molecular weight is 340 g/mol. The molecule has 0 saturated heterocycles. The molecule has 0 N–H and O–H groups in total. The molecule has 0 saturated carbocycles. The third kappa shape index (κ3) is 16.0. The van der Waals surface area contributed by atoms with Gasteiger partial charge in [0.1, 0.15) is 0 Å². The summed E-state index contributed by atoms with van der Waals surface area (Å²) in [7, 11) is 4.30. The predicted molar refractivity (Wildman–Crippen MR) is 104 cm³/mol. The first kappa shape index (κ1) is 23.2. The maximum Gasteiger partial charge on any atom is 0.333 e. The van der Waals surface area contributed by atoms with Gasteiger partial charge >= 0.3 is 5.97 Å². The van der Waals surface area contributed by atoms with Gasteiger partial charge in [0.05, 0.1) is 6.61 Å². The Morgan fingerprint density at radius 3 is 1.83 bits per heavy atom. The number of rotatable bonds is 16. The van der Waals surface area contributed by atoms with Gasteiger partial charge in [0.15, 0.2) is 0 Å². The lowest BCUT2D eigenvalue weighted by Gasteiger charge is -2.12. The summed E-state index contributed by atoms with van der Waals surface area (Å²) in [5, 5.41) is 0. The molecule has 0 heterocycles. The molecular formula is C21H41NO2. The quantitative estimate of drug-likeness (QED) is 0.208. The average Bonchev–Trinajstić information content (AvgIpc) is 2.53. The van der Waals surface area contributed by atoms with E-state index in [1.165, 1.54) is 70.8 Å². The maximum absolute atomic E-state index is 11.3. The molecule has 142 valence electrons. The van der Waals surface area contributed by atoms with Crippen molar-refractivity contribution in [2.75, 3.05) is 27.2 Å². The van der Waals surface area contributed by atoms with Gasteiger partial charge in [0.2, 0.25) is 0 Å². The molecule has 0 aliphatic rings. The van der Waals surface area contributed by atoms with E-state index in [4.69, 9.17) is 4.74 Å². The van der Waals surface area contributed by atoms with Crippen molar-refractivity contribution in [1.82, 2.24) is 4.90 Å². The molecule has 3 heteroatoms. The number of hydrogen-bond acceptors (Lipinski definition) is 3. The third-order valence-corrected chi connectivity index (χ3v) is 4.40. The number of unbranched alkanes of at least 4 members (excludes halogenated alkanes) is 9. The lowest BCUT2D eigenvalue weighted by Crippen LogP contribution is -2.12. The van der Waals surface area contributed by atoms with E-state index < -0.39 is 0 Å². The fourth-order valence-electron chi connectivity index (χ4n) is 2.76. The van der Waals surface area contributed by atoms with Crippen LogP contribution < -0.4 is 0 Å². The zero-order chi connectivity index (χ0) is 18.2. The first-order valence-electron chi connectivity index (χ1n) is 9.90. The molecule has 0 aromatic heterocycles. The van der Waals surface area contributed by atoms with Crippen LogP contribution in [0.1, 0.15) is 84.5 Å². The van der Waals surface area contributed by atoms with Crippen LogP contribution in [0, 0.1) is 5.92 Å². The van der Waals surface area contributed by atoms with E-state index >= 15 is 0 Å². The molecule has 0 fully saturated rings. The lowest BCUT2D eigenvalue weighted by atomic mass is 10.0. The molecule has 0 rings (SSSR count). The van der Waals surface area contributed by atoms with E-state index in [1.807, 2.05) is 0 Å². The van der Waals surface area contributed by atoms with Crippen molar-refractivity contribution in [1.29, 1.82) is 0 Å². The van der Waals surface area contributed by atoms with Crippen LogP contribution in [-0.2, 0) is 9.53 Å². The molecule has 1 atom stereocenters. The Labute approximate surface area is 150 Å². The van der Waals surface area contributed by atoms with Crippen LogP contribution in [0.2, 0.25) is 0 Å². The van der Waals surface area contributed by atoms with Crippen LogP contribution in [0.15, 0.2) is 12.2 Å². The molecule has 0 spiro atoms. The van der Waals surface area contributed by atoms with E-state index in [2.05, 4.69) is 32.5 Å². The normalized spacial score (nSPS) is 12.4. The summed E-state index contributed by atoms with van der Waals surface area (Å²) >= 11 is 0. The first-order chi connectivity index (χ1) is 11.4. The van der Waals surface area contributed by atoms with Crippen LogP contribution in [0.3, 0.4) is 0 Å². The molecular weight excluding hydrogens is 298 g/mol. The van der Waals surface area contributed by atoms with Crippen molar-refractivity contribution < 1.29 is 9.53 Å². The van der Waals surface area contributed by atoms with Crippen molar-refractivity contribution in [3.63, 3.8) is 0 Å². The number of nitrogens with zero attached hydrogens (tertiary/aromatic N) is 1. The van der Waals surface area contributed by atoms with E-state index in [1.54, 1.807) is 6.92 Å². The molecule has 0 aromatic rings. The Bertz CT molecular complexity index is 326. The van der Waals surface area contributed by atoms with Gasteiger partial charge in [-0.15, -0.1) is 0 Å². The van der Waals surface area contributed by atoms with E-state index in [-0.39, 0.29) is 5.97 Å². The van der Waals surface area contributed by atoms with Crippen molar-refractivity contribution >= 4 is 5.97 Å². The molecule has 1 unspecified atom stereocenters. The Kier molecular flexibility index (Phi) is 15.1. The molecule has 0 aromatic carbocycles. The van der Waals surface area contributed by atoms with Crippen LogP contribution >= 0.6 is 0 Å². The van der Waals surface area contributed by atoms with Crippen molar-refractivity contribution in [3.8, 4) is 0 Å². The van der Waals surface area contributed by atoms with Crippen molar-refractivity contribution in [2.24, 2.45) is 5.92 Å². The summed E-state index contributed by atoms with van der Waals surface area (Å²) < 4.78 is 5.19. The monoisotopic (exact) mass is 339 g/mol. The highest BCUT2D eigenvalue weighted by Gasteiger charge is 2.07. The Morgan fingerprint density at radius 2 is 1.38 bits per heavy atom. The van der Waals surface area contributed by atoms with Gasteiger partial charge in [-0.2, -0.15) is 0 Å². The van der Waals surface area contributed by atoms with E-state index in [0.29, 0.717) is 18.1 Å². The van der Waals surface area contributed by atoms with Gasteiger partial charge in [0.25, 0.3) is 0 Å². The van der Waals surface area contributed by atoms with Crippen LogP contribution in [0.5, 0.6) is 0 Å². The van der Waals surface area contributed by atoms with Crippen molar-refractivity contribution in [3.05, 3.63) is 12.2 Å². The van der Waals surface area contributed by atoms with Gasteiger partial charge < -0.3 is 9.64 Å². The SMILES string of the molecule is C=C(C)C(=O)OCC(C)CCCCCCCCCCCCN(C)C. The number of carbonyl (C=O) groups is 1. The highest BCUT2D eigenvalue weighted by Crippen LogP contribution is 2.14. The number of hydrogen-bond donors (Lipinski definition) is 0. The fourth-order valence-corrected chi connectivity index (χ4v) is 2.76. The van der Waals surface area contributed by atoms with Gasteiger partial charge in [-0.3, -0.25) is 0 Å². The summed E-state index contributed by atoms with van der Waals surface area (Å²) in [5.41, 5.74) is 0.486. The van der Waals surface area contributed by atoms with E-state index in [9.17, 15) is 4.79 Å². The Morgan fingerprint density at radius 1 is 0.917 bits per heavy atom. The van der Waals surface area contributed by atoms with Gasteiger partial charge in [0, 0.05) is 5.57 Å². The molecule has 0 amide bonds. The topological polar surface area (TPSA) is 29.5 Å². The maximum atomic E-state index is 11.3. The Hall–Kier alpha value is -0.830. The van der Waals surface area contributed by atoms with Crippen LogP contribution in [0.25, 0.3) is 0 Å². The number of esters is 1. The minimum Gasteiger partial charge on any atom is -0.462 e. The van der Waals surface area contributed by atoms with Gasteiger partial charge in [-0.25, -0.2) is 4.79 Å². The largest absolute Gasteiger partial charge is 0.462 e. The van der Waals surface area contributed by atoms with Crippen molar-refractivity contribution in [2.45, 2.75) is 84.5 Å². The lowest BCUT2D eigenvalue weighted by molar-refractivity contribution is -0.140. The second-order valence-corrected chi connectivity index (χ2v) is 7.61. The predicted octanol–water partition coefficient (Wildman–Crippen LogP) is 5.59. The second kappa shape index (κ2) is 15.7. The minimum absolute atomic E-state index is 0.261.